The fourth-order valence-electron chi connectivity index (χ4n) is 6.97. The molecule has 0 aliphatic carbocycles. The van der Waals surface area contributed by atoms with Crippen molar-refractivity contribution in [3.05, 3.63) is 181 Å². The maximum Gasteiger partial charge on any atom is 0.164 e. The first-order chi connectivity index (χ1) is 28.2. The molecule has 10 rings (SSSR count). The molecule has 0 N–H and O–H groups in total. The lowest BCUT2D eigenvalue weighted by Gasteiger charge is -2.09. The topological polar surface area (TPSA) is 114 Å². The molecule has 0 spiro atoms. The van der Waals surface area contributed by atoms with Crippen molar-refractivity contribution >= 4 is 21.9 Å². The van der Waals surface area contributed by atoms with E-state index in [9.17, 15) is 5.26 Å². The summed E-state index contributed by atoms with van der Waals surface area (Å²) in [5.41, 5.74) is 9.07. The molecule has 7 aromatic carbocycles. The van der Waals surface area contributed by atoms with E-state index in [2.05, 4.69) is 18.2 Å². The number of benzene rings is 7. The van der Waals surface area contributed by atoms with Gasteiger partial charge in [-0.25, -0.2) is 29.9 Å². The van der Waals surface area contributed by atoms with E-state index in [0.717, 1.165) is 60.9 Å². The summed E-state index contributed by atoms with van der Waals surface area (Å²) in [7, 11) is 0. The largest absolute Gasteiger partial charge is 0.456 e. The van der Waals surface area contributed by atoms with E-state index in [0.29, 0.717) is 46.1 Å². The molecule has 0 unspecified atom stereocenters. The lowest BCUT2D eigenvalue weighted by Crippen LogP contribution is -2.00. The molecule has 3 aromatic heterocycles. The van der Waals surface area contributed by atoms with Gasteiger partial charge in [-0.1, -0.05) is 140 Å². The van der Waals surface area contributed by atoms with Crippen LogP contribution in [0.5, 0.6) is 0 Å². The van der Waals surface area contributed by atoms with Crippen LogP contribution >= 0.6 is 0 Å². The van der Waals surface area contributed by atoms with E-state index in [-0.39, 0.29) is 0 Å². The number of aromatic nitrogens is 6. The van der Waals surface area contributed by atoms with Gasteiger partial charge in [0.1, 0.15) is 11.2 Å². The predicted octanol–water partition coefficient (Wildman–Crippen LogP) is 11.5. The second kappa shape index (κ2) is 14.3. The quantitative estimate of drug-likeness (QED) is 0.159. The lowest BCUT2D eigenvalue weighted by atomic mass is 9.99. The minimum absolute atomic E-state index is 0.540. The number of fused-ring (bicyclic) bond motifs is 3. The van der Waals surface area contributed by atoms with E-state index < -0.39 is 0 Å². The molecule has 0 amide bonds. The van der Waals surface area contributed by atoms with Crippen LogP contribution in [0.4, 0.5) is 0 Å². The molecular weight excluding hydrogens is 703 g/mol. The third-order valence-electron chi connectivity index (χ3n) is 9.86. The Morgan fingerprint density at radius 1 is 0.333 bits per heavy atom. The second-order valence-electron chi connectivity index (χ2n) is 13.5. The van der Waals surface area contributed by atoms with Crippen LogP contribution in [0.25, 0.3) is 101 Å². The summed E-state index contributed by atoms with van der Waals surface area (Å²) in [5, 5.41) is 11.5. The number of nitrogens with zero attached hydrogens (tertiary/aromatic N) is 7. The van der Waals surface area contributed by atoms with Crippen molar-refractivity contribution in [1.29, 1.82) is 5.26 Å². The van der Waals surface area contributed by atoms with Crippen LogP contribution in [0.15, 0.2) is 180 Å². The Morgan fingerprint density at radius 2 is 0.737 bits per heavy atom. The van der Waals surface area contributed by atoms with Gasteiger partial charge in [0.2, 0.25) is 0 Å². The summed E-state index contributed by atoms with van der Waals surface area (Å²) in [5.74, 6) is 3.40. The van der Waals surface area contributed by atoms with Gasteiger partial charge in [0.25, 0.3) is 0 Å². The summed E-state index contributed by atoms with van der Waals surface area (Å²) in [6, 6.07) is 59.7. The summed E-state index contributed by atoms with van der Waals surface area (Å²) >= 11 is 0. The third kappa shape index (κ3) is 6.45. The molecule has 0 fully saturated rings. The molecule has 0 aliphatic heterocycles. The predicted molar refractivity (Wildman–Crippen MR) is 223 cm³/mol. The van der Waals surface area contributed by atoms with Crippen LogP contribution in [0.2, 0.25) is 0 Å². The Kier molecular flexibility index (Phi) is 8.36. The van der Waals surface area contributed by atoms with Crippen LogP contribution in [0.1, 0.15) is 5.56 Å². The third-order valence-corrected chi connectivity index (χ3v) is 9.86. The summed E-state index contributed by atoms with van der Waals surface area (Å²) in [6.45, 7) is 0. The van der Waals surface area contributed by atoms with Crippen LogP contribution in [0.3, 0.4) is 0 Å². The first-order valence-electron chi connectivity index (χ1n) is 18.4. The average molecular weight is 732 g/mol. The van der Waals surface area contributed by atoms with Gasteiger partial charge in [0.05, 0.1) is 11.6 Å². The Bertz CT molecular complexity index is 3060. The van der Waals surface area contributed by atoms with Crippen molar-refractivity contribution in [3.63, 3.8) is 0 Å². The number of hydrogen-bond donors (Lipinski definition) is 0. The van der Waals surface area contributed by atoms with Gasteiger partial charge < -0.3 is 4.42 Å². The molecular formula is C49H29N7O. The summed E-state index contributed by atoms with van der Waals surface area (Å²) in [4.78, 5) is 29.5. The van der Waals surface area contributed by atoms with Crippen molar-refractivity contribution in [1.82, 2.24) is 29.9 Å². The number of rotatable bonds is 7. The highest BCUT2D eigenvalue weighted by Crippen LogP contribution is 2.35. The van der Waals surface area contributed by atoms with Gasteiger partial charge in [-0.3, -0.25) is 0 Å². The van der Waals surface area contributed by atoms with Gasteiger partial charge in [0, 0.05) is 44.2 Å². The fraction of sp³-hybridized carbons (Fsp3) is 0. The van der Waals surface area contributed by atoms with Crippen LogP contribution < -0.4 is 0 Å². The summed E-state index contributed by atoms with van der Waals surface area (Å²) < 4.78 is 6.44. The molecule has 8 nitrogen and oxygen atoms in total. The zero-order chi connectivity index (χ0) is 38.1. The molecule has 0 aliphatic rings. The Balaban J connectivity index is 1.05. The molecule has 0 bridgehead atoms. The molecule has 0 radical (unpaired) electrons. The molecule has 0 saturated carbocycles. The van der Waals surface area contributed by atoms with E-state index in [1.165, 1.54) is 0 Å². The maximum absolute atomic E-state index is 9.66. The monoisotopic (exact) mass is 731 g/mol. The van der Waals surface area contributed by atoms with Gasteiger partial charge in [0.15, 0.2) is 34.9 Å². The van der Waals surface area contributed by atoms with Crippen LogP contribution in [0, 0.1) is 11.3 Å². The number of hydrogen-bond acceptors (Lipinski definition) is 8. The number of furan rings is 1. The van der Waals surface area contributed by atoms with E-state index in [1.54, 1.807) is 0 Å². The van der Waals surface area contributed by atoms with E-state index in [4.69, 9.17) is 34.3 Å². The second-order valence-corrected chi connectivity index (χ2v) is 13.5. The molecule has 8 heteroatoms. The molecule has 10 aromatic rings. The van der Waals surface area contributed by atoms with Gasteiger partial charge in [-0.05, 0) is 47.5 Å². The van der Waals surface area contributed by atoms with E-state index >= 15 is 0 Å². The smallest absolute Gasteiger partial charge is 0.164 e. The van der Waals surface area contributed by atoms with Crippen molar-refractivity contribution in [2.75, 3.05) is 0 Å². The minimum atomic E-state index is 0.540. The maximum atomic E-state index is 9.66. The fourth-order valence-corrected chi connectivity index (χ4v) is 6.97. The highest BCUT2D eigenvalue weighted by atomic mass is 16.3. The SMILES string of the molecule is N#Cc1ccccc1-c1ccc(-c2nc(-c3ccccc3)nc(-c3ccc4oc5cc(-c6nc(-c7ccccc7)nc(-c7ccccc7)n6)ccc5c4c3)n2)cc1. The summed E-state index contributed by atoms with van der Waals surface area (Å²) in [6.07, 6.45) is 0. The Hall–Kier alpha value is -8.15. The molecule has 0 saturated heterocycles. The Labute approximate surface area is 327 Å². The van der Waals surface area contributed by atoms with Crippen molar-refractivity contribution < 1.29 is 4.42 Å². The molecule has 266 valence electrons. The normalized spacial score (nSPS) is 11.1. The lowest BCUT2D eigenvalue weighted by molar-refractivity contribution is 0.669. The van der Waals surface area contributed by atoms with Crippen LogP contribution in [-0.2, 0) is 0 Å². The van der Waals surface area contributed by atoms with Crippen LogP contribution in [-0.4, -0.2) is 29.9 Å². The highest BCUT2D eigenvalue weighted by molar-refractivity contribution is 6.07. The van der Waals surface area contributed by atoms with Gasteiger partial charge >= 0.3 is 0 Å². The van der Waals surface area contributed by atoms with Crippen molar-refractivity contribution in [2.24, 2.45) is 0 Å². The van der Waals surface area contributed by atoms with E-state index in [1.807, 2.05) is 164 Å². The standard InChI is InChI=1S/C49H29N7O/c50-30-38-18-10-11-19-39(38)31-20-22-35(23-21-31)47-52-46(34-16-8-3-9-17-34)53-48(56-47)36-25-27-42-41(28-36)40-26-24-37(29-43(40)57-42)49-54-44(32-12-4-1-5-13-32)51-45(55-49)33-14-6-2-7-15-33/h1-29H. The minimum Gasteiger partial charge on any atom is -0.456 e. The zero-order valence-corrected chi connectivity index (χ0v) is 30.3. The van der Waals surface area contributed by atoms with Gasteiger partial charge in [-0.2, -0.15) is 5.26 Å². The first-order valence-corrected chi connectivity index (χ1v) is 18.4. The number of nitriles is 1. The Morgan fingerprint density at radius 3 is 1.26 bits per heavy atom. The van der Waals surface area contributed by atoms with Gasteiger partial charge in [-0.15, -0.1) is 0 Å². The molecule has 0 atom stereocenters. The highest BCUT2D eigenvalue weighted by Gasteiger charge is 2.17. The van der Waals surface area contributed by atoms with Crippen molar-refractivity contribution in [3.8, 4) is 85.5 Å². The average Bonchev–Trinajstić information content (AvgIpc) is 3.67. The molecule has 57 heavy (non-hydrogen) atoms. The zero-order valence-electron chi connectivity index (χ0n) is 30.3. The first kappa shape index (κ1) is 33.4. The molecule has 3 heterocycles. The van der Waals surface area contributed by atoms with Crippen molar-refractivity contribution in [2.45, 2.75) is 0 Å².